The lowest BCUT2D eigenvalue weighted by Gasteiger charge is -2.40. The van der Waals surface area contributed by atoms with Gasteiger partial charge in [0.25, 0.3) is 0 Å². The monoisotopic (exact) mass is 310 g/mol. The Bertz CT molecular complexity index is 420. The molecule has 3 rings (SSSR count). The van der Waals surface area contributed by atoms with Crippen molar-refractivity contribution in [2.45, 2.75) is 25.8 Å². The molecule has 2 unspecified atom stereocenters. The largest absolute Gasteiger partial charge is 0.378 e. The average molecular weight is 311 g/mol. The third-order valence-corrected chi connectivity index (χ3v) is 4.71. The van der Waals surface area contributed by atoms with Crippen LogP contribution >= 0.6 is 12.4 Å². The van der Waals surface area contributed by atoms with Crippen molar-refractivity contribution in [3.05, 3.63) is 35.9 Å². The Hall–Kier alpha value is -0.610. The van der Waals surface area contributed by atoms with Crippen LogP contribution in [0.15, 0.2) is 30.3 Å². The topological polar surface area (TPSA) is 24.5 Å². The van der Waals surface area contributed by atoms with Gasteiger partial charge in [0.15, 0.2) is 0 Å². The summed E-state index contributed by atoms with van der Waals surface area (Å²) < 4.78 is 5.72. The van der Waals surface area contributed by atoms with Crippen molar-refractivity contribution < 1.29 is 4.74 Å². The van der Waals surface area contributed by atoms with Crippen LogP contribution in [0.1, 0.15) is 18.9 Å². The van der Waals surface area contributed by atoms with Gasteiger partial charge >= 0.3 is 0 Å². The van der Waals surface area contributed by atoms with E-state index in [-0.39, 0.29) is 12.4 Å². The third-order valence-electron chi connectivity index (χ3n) is 4.71. The molecule has 2 atom stereocenters. The van der Waals surface area contributed by atoms with E-state index >= 15 is 0 Å². The number of nitrogens with one attached hydrogen (secondary N) is 1. The zero-order valence-electron chi connectivity index (χ0n) is 12.9. The minimum absolute atomic E-state index is 0. The number of ether oxygens (including phenoxy) is 1. The van der Waals surface area contributed by atoms with E-state index < -0.39 is 0 Å². The second-order valence-corrected chi connectivity index (χ2v) is 6.63. The summed E-state index contributed by atoms with van der Waals surface area (Å²) in [5.74, 6) is 0. The quantitative estimate of drug-likeness (QED) is 0.924. The molecule has 2 aliphatic rings. The molecule has 2 aliphatic heterocycles. The van der Waals surface area contributed by atoms with Gasteiger partial charge in [0, 0.05) is 25.7 Å². The van der Waals surface area contributed by atoms with Gasteiger partial charge in [-0.05, 0) is 30.4 Å². The standard InChI is InChI=1S/C17H26N2O.ClH/c1-17(7-8-18-13-17)14-19-9-10-20-12-16(19)11-15-5-3-2-4-6-15;/h2-6,16,18H,7-14H2,1H3;1H. The SMILES string of the molecule is CC1(CN2CCOCC2Cc2ccccc2)CCNC1.Cl. The molecule has 0 amide bonds. The Labute approximate surface area is 134 Å². The minimum Gasteiger partial charge on any atom is -0.378 e. The van der Waals surface area contributed by atoms with E-state index in [1.807, 2.05) is 0 Å². The number of halogens is 1. The highest BCUT2D eigenvalue weighted by atomic mass is 35.5. The molecule has 1 aromatic carbocycles. The molecule has 0 aliphatic carbocycles. The van der Waals surface area contributed by atoms with E-state index in [0.29, 0.717) is 11.5 Å². The molecule has 3 nitrogen and oxygen atoms in total. The van der Waals surface area contributed by atoms with Gasteiger partial charge in [-0.3, -0.25) is 4.90 Å². The number of morpholine rings is 1. The maximum Gasteiger partial charge on any atom is 0.0625 e. The van der Waals surface area contributed by atoms with Crippen molar-refractivity contribution in [3.8, 4) is 0 Å². The molecule has 0 spiro atoms. The molecule has 0 saturated carbocycles. The Balaban J connectivity index is 0.00000161. The van der Waals surface area contributed by atoms with Crippen molar-refractivity contribution in [2.24, 2.45) is 5.41 Å². The lowest BCUT2D eigenvalue weighted by molar-refractivity contribution is -0.0222. The molecular weight excluding hydrogens is 284 g/mol. The lowest BCUT2D eigenvalue weighted by Crippen LogP contribution is -2.50. The summed E-state index contributed by atoms with van der Waals surface area (Å²) in [6.45, 7) is 8.77. The molecule has 1 aromatic rings. The first kappa shape index (κ1) is 16.8. The van der Waals surface area contributed by atoms with Crippen molar-refractivity contribution in [3.63, 3.8) is 0 Å². The van der Waals surface area contributed by atoms with Gasteiger partial charge in [-0.15, -0.1) is 12.4 Å². The molecule has 2 saturated heterocycles. The van der Waals surface area contributed by atoms with E-state index in [4.69, 9.17) is 4.74 Å². The van der Waals surface area contributed by atoms with Crippen LogP contribution in [0.5, 0.6) is 0 Å². The molecule has 0 aromatic heterocycles. The number of benzene rings is 1. The molecule has 2 heterocycles. The van der Waals surface area contributed by atoms with E-state index in [0.717, 1.165) is 32.7 Å². The van der Waals surface area contributed by atoms with Crippen LogP contribution in [0.4, 0.5) is 0 Å². The summed E-state index contributed by atoms with van der Waals surface area (Å²) in [6, 6.07) is 11.3. The average Bonchev–Trinajstić information content (AvgIpc) is 2.89. The van der Waals surface area contributed by atoms with Crippen LogP contribution in [0.2, 0.25) is 0 Å². The van der Waals surface area contributed by atoms with E-state index in [9.17, 15) is 0 Å². The Morgan fingerprint density at radius 2 is 2.14 bits per heavy atom. The van der Waals surface area contributed by atoms with Crippen LogP contribution in [-0.2, 0) is 11.2 Å². The number of nitrogens with zero attached hydrogens (tertiary/aromatic N) is 1. The van der Waals surface area contributed by atoms with Crippen LogP contribution < -0.4 is 5.32 Å². The van der Waals surface area contributed by atoms with E-state index in [1.165, 1.54) is 25.1 Å². The fourth-order valence-corrected chi connectivity index (χ4v) is 3.47. The molecule has 0 radical (unpaired) electrons. The summed E-state index contributed by atoms with van der Waals surface area (Å²) in [4.78, 5) is 2.66. The molecule has 0 bridgehead atoms. The third kappa shape index (κ3) is 4.43. The van der Waals surface area contributed by atoms with Crippen molar-refractivity contribution >= 4 is 12.4 Å². The van der Waals surface area contributed by atoms with Crippen LogP contribution in [0.3, 0.4) is 0 Å². The first-order chi connectivity index (χ1) is 9.75. The smallest absolute Gasteiger partial charge is 0.0625 e. The van der Waals surface area contributed by atoms with Gasteiger partial charge < -0.3 is 10.1 Å². The lowest BCUT2D eigenvalue weighted by atomic mass is 9.88. The highest BCUT2D eigenvalue weighted by Crippen LogP contribution is 2.27. The van der Waals surface area contributed by atoms with Crippen molar-refractivity contribution in [1.29, 1.82) is 0 Å². The molecule has 2 fully saturated rings. The number of hydrogen-bond acceptors (Lipinski definition) is 3. The van der Waals surface area contributed by atoms with E-state index in [2.05, 4.69) is 47.5 Å². The highest BCUT2D eigenvalue weighted by molar-refractivity contribution is 5.85. The second kappa shape index (κ2) is 7.59. The Morgan fingerprint density at radius 3 is 2.86 bits per heavy atom. The predicted octanol–water partition coefficient (Wildman–Crippen LogP) is 2.35. The van der Waals surface area contributed by atoms with Crippen LogP contribution in [-0.4, -0.2) is 50.3 Å². The first-order valence-corrected chi connectivity index (χ1v) is 7.82. The summed E-state index contributed by atoms with van der Waals surface area (Å²) >= 11 is 0. The molecule has 21 heavy (non-hydrogen) atoms. The fourth-order valence-electron chi connectivity index (χ4n) is 3.47. The minimum atomic E-state index is 0. The molecule has 1 N–H and O–H groups in total. The number of hydrogen-bond donors (Lipinski definition) is 1. The summed E-state index contributed by atoms with van der Waals surface area (Å²) in [5, 5.41) is 3.51. The van der Waals surface area contributed by atoms with Gasteiger partial charge in [0.05, 0.1) is 13.2 Å². The van der Waals surface area contributed by atoms with Gasteiger partial charge in [0.1, 0.15) is 0 Å². The number of rotatable bonds is 4. The molecule has 118 valence electrons. The van der Waals surface area contributed by atoms with Crippen molar-refractivity contribution in [2.75, 3.05) is 39.4 Å². The fraction of sp³-hybridized carbons (Fsp3) is 0.647. The molecular formula is C17H27ClN2O. The zero-order valence-corrected chi connectivity index (χ0v) is 13.7. The Morgan fingerprint density at radius 1 is 1.33 bits per heavy atom. The van der Waals surface area contributed by atoms with Gasteiger partial charge in [0.2, 0.25) is 0 Å². The maximum absolute atomic E-state index is 5.72. The summed E-state index contributed by atoms with van der Waals surface area (Å²) in [6.07, 6.45) is 2.40. The maximum atomic E-state index is 5.72. The predicted molar refractivity (Wildman–Crippen MR) is 89.2 cm³/mol. The zero-order chi connectivity index (χ0) is 13.8. The molecule has 4 heteroatoms. The Kier molecular flexibility index (Phi) is 6.06. The van der Waals surface area contributed by atoms with Gasteiger partial charge in [-0.25, -0.2) is 0 Å². The van der Waals surface area contributed by atoms with E-state index in [1.54, 1.807) is 0 Å². The van der Waals surface area contributed by atoms with Crippen molar-refractivity contribution in [1.82, 2.24) is 10.2 Å². The summed E-state index contributed by atoms with van der Waals surface area (Å²) in [5.41, 5.74) is 1.86. The van der Waals surface area contributed by atoms with Crippen LogP contribution in [0, 0.1) is 5.41 Å². The second-order valence-electron chi connectivity index (χ2n) is 6.63. The van der Waals surface area contributed by atoms with Gasteiger partial charge in [-0.2, -0.15) is 0 Å². The first-order valence-electron chi connectivity index (χ1n) is 7.82. The highest BCUT2D eigenvalue weighted by Gasteiger charge is 2.34. The normalized spacial score (nSPS) is 30.0. The summed E-state index contributed by atoms with van der Waals surface area (Å²) in [7, 11) is 0. The van der Waals surface area contributed by atoms with Crippen LogP contribution in [0.25, 0.3) is 0 Å². The van der Waals surface area contributed by atoms with Gasteiger partial charge in [-0.1, -0.05) is 37.3 Å².